The summed E-state index contributed by atoms with van der Waals surface area (Å²) in [6, 6.07) is 11.4. The predicted molar refractivity (Wildman–Crippen MR) is 77.0 cm³/mol. The van der Waals surface area contributed by atoms with Gasteiger partial charge in [-0.3, -0.25) is 10.2 Å². The number of nitrogens with two attached hydrogens (primary N) is 1. The van der Waals surface area contributed by atoms with E-state index in [0.29, 0.717) is 4.88 Å². The molecule has 0 unspecified atom stereocenters. The van der Waals surface area contributed by atoms with Crippen LogP contribution >= 0.6 is 34.7 Å². The molecule has 18 heavy (non-hydrogen) atoms. The summed E-state index contributed by atoms with van der Waals surface area (Å²) in [6.45, 7) is 0. The molecule has 94 valence electrons. The molecular weight excluding hydrogens is 288 g/mol. The van der Waals surface area contributed by atoms with Crippen molar-refractivity contribution in [3.63, 3.8) is 0 Å². The van der Waals surface area contributed by atoms with Gasteiger partial charge in [0.1, 0.15) is 0 Å². The van der Waals surface area contributed by atoms with Gasteiger partial charge in [-0.05, 0) is 36.4 Å². The Morgan fingerprint density at radius 3 is 2.67 bits per heavy atom. The van der Waals surface area contributed by atoms with E-state index in [-0.39, 0.29) is 5.91 Å². The number of halogens is 1. The van der Waals surface area contributed by atoms with Gasteiger partial charge in [-0.1, -0.05) is 11.6 Å². The van der Waals surface area contributed by atoms with Crippen molar-refractivity contribution in [3.8, 4) is 0 Å². The van der Waals surface area contributed by atoms with E-state index < -0.39 is 0 Å². The fraction of sp³-hybridized carbons (Fsp3) is 0.0833. The van der Waals surface area contributed by atoms with Gasteiger partial charge in [0.05, 0.1) is 4.88 Å². The van der Waals surface area contributed by atoms with Gasteiger partial charge in [0.15, 0.2) is 0 Å². The van der Waals surface area contributed by atoms with Crippen LogP contribution in [0.1, 0.15) is 14.5 Å². The minimum absolute atomic E-state index is 0.247. The second-order valence-corrected chi connectivity index (χ2v) is 6.14. The second kappa shape index (κ2) is 6.24. The van der Waals surface area contributed by atoms with Crippen LogP contribution in [0.2, 0.25) is 5.02 Å². The maximum absolute atomic E-state index is 11.3. The van der Waals surface area contributed by atoms with E-state index in [1.54, 1.807) is 17.8 Å². The Morgan fingerprint density at radius 2 is 2.00 bits per heavy atom. The largest absolute Gasteiger partial charge is 0.289 e. The molecule has 6 heteroatoms. The van der Waals surface area contributed by atoms with E-state index in [1.165, 1.54) is 11.3 Å². The molecule has 0 aliphatic heterocycles. The molecule has 0 spiro atoms. The Bertz CT molecular complexity index is 539. The lowest BCUT2D eigenvalue weighted by Crippen LogP contribution is -2.29. The predicted octanol–water partition coefficient (Wildman–Crippen LogP) is 3.30. The first-order chi connectivity index (χ1) is 8.69. The molecule has 2 aromatic rings. The number of carbonyl (C=O) groups excluding carboxylic acids is 1. The molecule has 0 bridgehead atoms. The van der Waals surface area contributed by atoms with Crippen molar-refractivity contribution in [2.24, 2.45) is 5.84 Å². The molecule has 3 nitrogen and oxygen atoms in total. The number of hydrazine groups is 1. The number of amides is 1. The highest BCUT2D eigenvalue weighted by atomic mass is 35.5. The highest BCUT2D eigenvalue weighted by Gasteiger charge is 2.07. The van der Waals surface area contributed by atoms with Crippen LogP contribution in [0.5, 0.6) is 0 Å². The quantitative estimate of drug-likeness (QED) is 0.394. The van der Waals surface area contributed by atoms with Crippen LogP contribution in [-0.4, -0.2) is 5.91 Å². The summed E-state index contributed by atoms with van der Waals surface area (Å²) in [5.41, 5.74) is 2.12. The van der Waals surface area contributed by atoms with E-state index in [4.69, 9.17) is 17.4 Å². The zero-order chi connectivity index (χ0) is 13.0. The molecule has 0 atom stereocenters. The summed E-state index contributed by atoms with van der Waals surface area (Å²) in [5, 5.41) is 0.734. The van der Waals surface area contributed by atoms with Crippen LogP contribution in [0.3, 0.4) is 0 Å². The molecule has 1 heterocycles. The maximum Gasteiger partial charge on any atom is 0.275 e. The molecule has 0 fully saturated rings. The van der Waals surface area contributed by atoms with E-state index in [1.807, 2.05) is 30.3 Å². The SMILES string of the molecule is NNC(=O)c1ccc(CSc2ccc(Cl)cc2)s1. The van der Waals surface area contributed by atoms with Gasteiger partial charge in [-0.2, -0.15) is 0 Å². The molecular formula is C12H11ClN2OS2. The number of rotatable bonds is 4. The zero-order valence-electron chi connectivity index (χ0n) is 9.35. The molecule has 0 saturated heterocycles. The number of thioether (sulfide) groups is 1. The third-order valence-corrected chi connectivity index (χ3v) is 4.79. The summed E-state index contributed by atoms with van der Waals surface area (Å²) in [7, 11) is 0. The Hall–Kier alpha value is -1.01. The van der Waals surface area contributed by atoms with Crippen LogP contribution in [-0.2, 0) is 5.75 Å². The lowest BCUT2D eigenvalue weighted by Gasteiger charge is -1.99. The standard InChI is InChI=1S/C12H11ClN2OS2/c13-8-1-3-9(4-2-8)17-7-10-5-6-11(18-10)12(16)15-14/h1-6H,7,14H2,(H,15,16). The van der Waals surface area contributed by atoms with Gasteiger partial charge in [0.25, 0.3) is 5.91 Å². The first kappa shape index (κ1) is 13.4. The monoisotopic (exact) mass is 298 g/mol. The fourth-order valence-corrected chi connectivity index (χ4v) is 3.31. The van der Waals surface area contributed by atoms with Crippen molar-refractivity contribution in [2.45, 2.75) is 10.6 Å². The van der Waals surface area contributed by atoms with Crippen molar-refractivity contribution < 1.29 is 4.79 Å². The van der Waals surface area contributed by atoms with Gasteiger partial charge in [0.2, 0.25) is 0 Å². The van der Waals surface area contributed by atoms with Crippen molar-refractivity contribution in [3.05, 3.63) is 51.2 Å². The van der Waals surface area contributed by atoms with Crippen LogP contribution in [0, 0.1) is 0 Å². The molecule has 1 amide bonds. The highest BCUT2D eigenvalue weighted by Crippen LogP contribution is 2.27. The Morgan fingerprint density at radius 1 is 1.28 bits per heavy atom. The number of thiophene rings is 1. The van der Waals surface area contributed by atoms with E-state index in [2.05, 4.69) is 5.43 Å². The number of nitrogen functional groups attached to an aromatic ring is 1. The smallest absolute Gasteiger partial charge is 0.275 e. The van der Waals surface area contributed by atoms with Crippen molar-refractivity contribution >= 4 is 40.6 Å². The van der Waals surface area contributed by atoms with Crippen LogP contribution in [0.15, 0.2) is 41.3 Å². The highest BCUT2D eigenvalue weighted by molar-refractivity contribution is 7.98. The number of carbonyl (C=O) groups is 1. The Kier molecular flexibility index (Phi) is 4.66. The lowest BCUT2D eigenvalue weighted by atomic mass is 10.4. The molecule has 0 aliphatic rings. The molecule has 0 radical (unpaired) electrons. The molecule has 2 rings (SSSR count). The van der Waals surface area contributed by atoms with Crippen LogP contribution in [0.4, 0.5) is 0 Å². The van der Waals surface area contributed by atoms with Gasteiger partial charge in [0, 0.05) is 20.5 Å². The topological polar surface area (TPSA) is 55.1 Å². The van der Waals surface area contributed by atoms with Gasteiger partial charge in [-0.15, -0.1) is 23.1 Å². The van der Waals surface area contributed by atoms with E-state index >= 15 is 0 Å². The average molecular weight is 299 g/mol. The van der Waals surface area contributed by atoms with Crippen molar-refractivity contribution in [1.82, 2.24) is 5.43 Å². The zero-order valence-corrected chi connectivity index (χ0v) is 11.7. The van der Waals surface area contributed by atoms with Gasteiger partial charge >= 0.3 is 0 Å². The van der Waals surface area contributed by atoms with Crippen molar-refractivity contribution in [2.75, 3.05) is 0 Å². The third-order valence-electron chi connectivity index (χ3n) is 2.21. The second-order valence-electron chi connectivity index (χ2n) is 3.48. The van der Waals surface area contributed by atoms with Gasteiger partial charge < -0.3 is 0 Å². The summed E-state index contributed by atoms with van der Waals surface area (Å²) < 4.78 is 0. The molecule has 3 N–H and O–H groups in total. The molecule has 0 aliphatic carbocycles. The number of benzene rings is 1. The maximum atomic E-state index is 11.3. The number of hydrogen-bond donors (Lipinski definition) is 2. The Labute approximate surface area is 118 Å². The van der Waals surface area contributed by atoms with Crippen LogP contribution in [0.25, 0.3) is 0 Å². The fourth-order valence-electron chi connectivity index (χ4n) is 1.33. The minimum Gasteiger partial charge on any atom is -0.289 e. The third kappa shape index (κ3) is 3.49. The average Bonchev–Trinajstić information content (AvgIpc) is 2.86. The van der Waals surface area contributed by atoms with E-state index in [9.17, 15) is 4.79 Å². The van der Waals surface area contributed by atoms with Crippen molar-refractivity contribution in [1.29, 1.82) is 0 Å². The summed E-state index contributed by atoms with van der Waals surface area (Å²) in [4.78, 5) is 14.2. The molecule has 1 aromatic carbocycles. The van der Waals surface area contributed by atoms with E-state index in [0.717, 1.165) is 20.5 Å². The number of hydrogen-bond acceptors (Lipinski definition) is 4. The molecule has 1 aromatic heterocycles. The first-order valence-corrected chi connectivity index (χ1v) is 7.35. The summed E-state index contributed by atoms with van der Waals surface area (Å²) in [6.07, 6.45) is 0. The summed E-state index contributed by atoms with van der Waals surface area (Å²) >= 11 is 8.97. The lowest BCUT2D eigenvalue weighted by molar-refractivity contribution is 0.0957. The first-order valence-electron chi connectivity index (χ1n) is 5.17. The number of nitrogens with one attached hydrogen (secondary N) is 1. The minimum atomic E-state index is -0.247. The Balaban J connectivity index is 1.96. The summed E-state index contributed by atoms with van der Waals surface area (Å²) in [5.74, 6) is 5.66. The molecule has 0 saturated carbocycles. The van der Waals surface area contributed by atoms with Crippen LogP contribution < -0.4 is 11.3 Å². The normalized spacial score (nSPS) is 10.3. The van der Waals surface area contributed by atoms with Gasteiger partial charge in [-0.25, -0.2) is 5.84 Å².